The number of amides is 1. The third-order valence-corrected chi connectivity index (χ3v) is 4.17. The highest BCUT2D eigenvalue weighted by molar-refractivity contribution is 5.87. The third kappa shape index (κ3) is 3.38. The van der Waals surface area contributed by atoms with Crippen molar-refractivity contribution in [3.63, 3.8) is 0 Å². The minimum atomic E-state index is -0.586. The number of piperidine rings is 1. The fraction of sp³-hybridized carbons (Fsp3) is 0.500. The molecule has 1 aliphatic heterocycles. The van der Waals surface area contributed by atoms with Gasteiger partial charge in [-0.05, 0) is 31.7 Å². The minimum absolute atomic E-state index is 0.252. The topological polar surface area (TPSA) is 70.2 Å². The molecule has 0 saturated carbocycles. The molecular formula is C16H21FN4O2. The smallest absolute Gasteiger partial charge is 0.413 e. The molecule has 0 bridgehead atoms. The summed E-state index contributed by atoms with van der Waals surface area (Å²) in [4.78, 5) is 20.7. The molecular weight excluding hydrogens is 299 g/mol. The maximum absolute atomic E-state index is 14.4. The third-order valence-electron chi connectivity index (χ3n) is 4.17. The quantitative estimate of drug-likeness (QED) is 0.908. The zero-order valence-corrected chi connectivity index (χ0v) is 13.4. The van der Waals surface area contributed by atoms with Gasteiger partial charge >= 0.3 is 6.09 Å². The number of imidazole rings is 1. The predicted molar refractivity (Wildman–Crippen MR) is 87.3 cm³/mol. The van der Waals surface area contributed by atoms with E-state index in [0.717, 1.165) is 25.9 Å². The SMILES string of the molecule is CCOC(=O)Nc1nc2cc(N3CCC(C)CC3)c(F)cc2[nH]1. The van der Waals surface area contributed by atoms with Crippen molar-refractivity contribution in [3.8, 4) is 0 Å². The van der Waals surface area contributed by atoms with Crippen LogP contribution in [0.5, 0.6) is 0 Å². The van der Waals surface area contributed by atoms with Crippen LogP contribution in [-0.4, -0.2) is 35.8 Å². The number of nitrogens with zero attached hydrogens (tertiary/aromatic N) is 2. The maximum atomic E-state index is 14.4. The number of carbonyl (C=O) groups is 1. The molecule has 124 valence electrons. The van der Waals surface area contributed by atoms with Crippen LogP contribution in [0.4, 0.5) is 20.8 Å². The predicted octanol–water partition coefficient (Wildman–Crippen LogP) is 3.51. The summed E-state index contributed by atoms with van der Waals surface area (Å²) in [5.74, 6) is 0.657. The Bertz CT molecular complexity index is 707. The van der Waals surface area contributed by atoms with Gasteiger partial charge in [0.1, 0.15) is 5.82 Å². The summed E-state index contributed by atoms with van der Waals surface area (Å²) < 4.78 is 19.2. The number of anilines is 2. The number of H-pyrrole nitrogens is 1. The molecule has 1 aromatic carbocycles. The molecule has 1 amide bonds. The molecule has 2 heterocycles. The molecule has 0 atom stereocenters. The van der Waals surface area contributed by atoms with Crippen LogP contribution in [0.15, 0.2) is 12.1 Å². The molecule has 1 aromatic heterocycles. The van der Waals surface area contributed by atoms with Crippen LogP contribution >= 0.6 is 0 Å². The first-order valence-electron chi connectivity index (χ1n) is 7.94. The molecule has 23 heavy (non-hydrogen) atoms. The van der Waals surface area contributed by atoms with Crippen LogP contribution in [0.3, 0.4) is 0 Å². The Labute approximate surface area is 134 Å². The van der Waals surface area contributed by atoms with Gasteiger partial charge in [-0.3, -0.25) is 5.32 Å². The number of aromatic nitrogens is 2. The van der Waals surface area contributed by atoms with Crippen molar-refractivity contribution in [2.45, 2.75) is 26.7 Å². The lowest BCUT2D eigenvalue weighted by atomic mass is 9.99. The van der Waals surface area contributed by atoms with E-state index in [4.69, 9.17) is 4.74 Å². The summed E-state index contributed by atoms with van der Waals surface area (Å²) in [5.41, 5.74) is 1.73. The Morgan fingerprint density at radius 1 is 1.48 bits per heavy atom. The first kappa shape index (κ1) is 15.6. The van der Waals surface area contributed by atoms with Gasteiger partial charge in [0.15, 0.2) is 0 Å². The zero-order valence-electron chi connectivity index (χ0n) is 13.4. The lowest BCUT2D eigenvalue weighted by Gasteiger charge is -2.32. The highest BCUT2D eigenvalue weighted by atomic mass is 19.1. The second kappa shape index (κ2) is 6.44. The van der Waals surface area contributed by atoms with E-state index in [1.807, 2.05) is 0 Å². The Balaban J connectivity index is 1.84. The number of hydrogen-bond acceptors (Lipinski definition) is 4. The number of nitrogens with one attached hydrogen (secondary N) is 2. The average molecular weight is 320 g/mol. The van der Waals surface area contributed by atoms with E-state index in [2.05, 4.69) is 27.1 Å². The van der Waals surface area contributed by atoms with E-state index in [-0.39, 0.29) is 18.4 Å². The Kier molecular flexibility index (Phi) is 4.36. The van der Waals surface area contributed by atoms with Crippen LogP contribution in [0.25, 0.3) is 11.0 Å². The summed E-state index contributed by atoms with van der Waals surface area (Å²) >= 11 is 0. The number of benzene rings is 1. The summed E-state index contributed by atoms with van der Waals surface area (Å²) in [5, 5.41) is 2.49. The molecule has 0 unspecified atom stereocenters. The average Bonchev–Trinajstić information content (AvgIpc) is 2.88. The Morgan fingerprint density at radius 3 is 2.91 bits per heavy atom. The van der Waals surface area contributed by atoms with Crippen molar-refractivity contribution in [3.05, 3.63) is 17.9 Å². The summed E-state index contributed by atoms with van der Waals surface area (Å²) in [7, 11) is 0. The number of fused-ring (bicyclic) bond motifs is 1. The highest BCUT2D eigenvalue weighted by Crippen LogP contribution is 2.29. The van der Waals surface area contributed by atoms with Crippen molar-refractivity contribution >= 4 is 28.8 Å². The molecule has 0 radical (unpaired) electrons. The molecule has 1 fully saturated rings. The van der Waals surface area contributed by atoms with Crippen molar-refractivity contribution in [1.29, 1.82) is 0 Å². The molecule has 1 saturated heterocycles. The fourth-order valence-corrected chi connectivity index (χ4v) is 2.83. The summed E-state index contributed by atoms with van der Waals surface area (Å²) in [6.07, 6.45) is 1.54. The van der Waals surface area contributed by atoms with E-state index in [1.54, 1.807) is 13.0 Å². The lowest BCUT2D eigenvalue weighted by molar-refractivity contribution is 0.167. The summed E-state index contributed by atoms with van der Waals surface area (Å²) in [6.45, 7) is 5.92. The Hall–Kier alpha value is -2.31. The number of halogens is 1. The van der Waals surface area contributed by atoms with E-state index < -0.39 is 6.09 Å². The van der Waals surface area contributed by atoms with Gasteiger partial charge in [0, 0.05) is 19.2 Å². The van der Waals surface area contributed by atoms with E-state index in [9.17, 15) is 9.18 Å². The Morgan fingerprint density at radius 2 is 2.22 bits per heavy atom. The standard InChI is InChI=1S/C16H21FN4O2/c1-3-23-16(22)20-15-18-12-8-11(17)14(9-13(12)19-15)21-6-4-10(2)5-7-21/h8-10H,3-7H2,1-2H3,(H2,18,19,20,22). The first-order valence-corrected chi connectivity index (χ1v) is 7.94. The minimum Gasteiger partial charge on any atom is -0.450 e. The van der Waals surface area contributed by atoms with Gasteiger partial charge in [-0.25, -0.2) is 14.2 Å². The van der Waals surface area contributed by atoms with Gasteiger partial charge in [-0.2, -0.15) is 0 Å². The van der Waals surface area contributed by atoms with E-state index in [0.29, 0.717) is 22.6 Å². The number of aromatic amines is 1. The molecule has 0 aliphatic carbocycles. The van der Waals surface area contributed by atoms with E-state index in [1.165, 1.54) is 6.07 Å². The molecule has 0 spiro atoms. The van der Waals surface area contributed by atoms with Crippen LogP contribution in [0.2, 0.25) is 0 Å². The number of rotatable bonds is 3. The summed E-state index contributed by atoms with van der Waals surface area (Å²) in [6, 6.07) is 3.15. The highest BCUT2D eigenvalue weighted by Gasteiger charge is 2.20. The fourth-order valence-electron chi connectivity index (χ4n) is 2.83. The van der Waals surface area contributed by atoms with Crippen molar-refractivity contribution < 1.29 is 13.9 Å². The largest absolute Gasteiger partial charge is 0.450 e. The number of carbonyl (C=O) groups excluding carboxylic acids is 1. The zero-order chi connectivity index (χ0) is 16.4. The van der Waals surface area contributed by atoms with Gasteiger partial charge in [-0.1, -0.05) is 6.92 Å². The molecule has 3 rings (SSSR count). The normalized spacial score (nSPS) is 15.9. The van der Waals surface area contributed by atoms with Gasteiger partial charge in [0.2, 0.25) is 5.95 Å². The van der Waals surface area contributed by atoms with Gasteiger partial charge < -0.3 is 14.6 Å². The number of ether oxygens (including phenoxy) is 1. The van der Waals surface area contributed by atoms with Crippen LogP contribution in [0, 0.1) is 11.7 Å². The van der Waals surface area contributed by atoms with Crippen LogP contribution in [-0.2, 0) is 4.74 Å². The maximum Gasteiger partial charge on any atom is 0.413 e. The van der Waals surface area contributed by atoms with Crippen molar-refractivity contribution in [2.24, 2.45) is 5.92 Å². The van der Waals surface area contributed by atoms with E-state index >= 15 is 0 Å². The van der Waals surface area contributed by atoms with Crippen LogP contribution in [0.1, 0.15) is 26.7 Å². The molecule has 6 nitrogen and oxygen atoms in total. The first-order chi connectivity index (χ1) is 11.1. The van der Waals surface area contributed by atoms with Crippen molar-refractivity contribution in [2.75, 3.05) is 29.9 Å². The van der Waals surface area contributed by atoms with Crippen molar-refractivity contribution in [1.82, 2.24) is 9.97 Å². The second-order valence-electron chi connectivity index (χ2n) is 5.92. The second-order valence-corrected chi connectivity index (χ2v) is 5.92. The lowest BCUT2D eigenvalue weighted by Crippen LogP contribution is -2.33. The molecule has 2 N–H and O–H groups in total. The molecule has 7 heteroatoms. The molecule has 1 aliphatic rings. The molecule has 2 aromatic rings. The van der Waals surface area contributed by atoms with Gasteiger partial charge in [-0.15, -0.1) is 0 Å². The van der Waals surface area contributed by atoms with Gasteiger partial charge in [0.25, 0.3) is 0 Å². The van der Waals surface area contributed by atoms with Crippen LogP contribution < -0.4 is 10.2 Å². The number of hydrogen-bond donors (Lipinski definition) is 2. The van der Waals surface area contributed by atoms with Gasteiger partial charge in [0.05, 0.1) is 23.3 Å². The monoisotopic (exact) mass is 320 g/mol.